The van der Waals surface area contributed by atoms with Gasteiger partial charge in [0.05, 0.1) is 13.2 Å². The Kier molecular flexibility index (Phi) is 3.74. The lowest BCUT2D eigenvalue weighted by Crippen LogP contribution is -2.16. The van der Waals surface area contributed by atoms with Gasteiger partial charge >= 0.3 is 0 Å². The summed E-state index contributed by atoms with van der Waals surface area (Å²) < 4.78 is 16.4. The molecule has 0 saturated heterocycles. The van der Waals surface area contributed by atoms with Crippen molar-refractivity contribution in [3.63, 3.8) is 0 Å². The van der Waals surface area contributed by atoms with Gasteiger partial charge < -0.3 is 19.3 Å². The molecule has 4 heteroatoms. The van der Waals surface area contributed by atoms with Crippen molar-refractivity contribution in [2.24, 2.45) is 0 Å². The molecule has 1 N–H and O–H groups in total. The third-order valence-electron chi connectivity index (χ3n) is 2.74. The van der Waals surface area contributed by atoms with E-state index in [9.17, 15) is 5.11 Å². The molecule has 0 spiro atoms. The molecule has 0 aliphatic carbocycles. The number of benzene rings is 1. The number of methoxy groups -OCH3 is 1. The Morgan fingerprint density at radius 3 is 2.82 bits per heavy atom. The molecule has 0 amide bonds. The predicted octanol–water partition coefficient (Wildman–Crippen LogP) is 1.78. The molecule has 0 aromatic heterocycles. The normalized spacial score (nSPS) is 15.5. The molecular weight excluding hydrogens is 220 g/mol. The van der Waals surface area contributed by atoms with E-state index in [0.29, 0.717) is 24.7 Å². The maximum atomic E-state index is 9.29. The summed E-state index contributed by atoms with van der Waals surface area (Å²) in [5, 5.41) is 9.29. The Bertz CT molecular complexity index is 370. The summed E-state index contributed by atoms with van der Waals surface area (Å²) in [5.41, 5.74) is 1.09. The van der Waals surface area contributed by atoms with Crippen molar-refractivity contribution < 1.29 is 19.3 Å². The quantitative estimate of drug-likeness (QED) is 0.868. The predicted molar refractivity (Wildman–Crippen MR) is 64.0 cm³/mol. The minimum Gasteiger partial charge on any atom is -0.493 e. The first-order chi connectivity index (χ1) is 8.20. The molecule has 1 heterocycles. The summed E-state index contributed by atoms with van der Waals surface area (Å²) in [7, 11) is 1.62. The number of fused-ring (bicyclic) bond motifs is 1. The molecule has 4 nitrogen and oxygen atoms in total. The van der Waals surface area contributed by atoms with Crippen LogP contribution in [0, 0.1) is 0 Å². The molecule has 1 aliphatic heterocycles. The third-order valence-corrected chi connectivity index (χ3v) is 2.74. The highest BCUT2D eigenvalue weighted by Gasteiger charge is 2.18. The molecule has 0 saturated carbocycles. The highest BCUT2D eigenvalue weighted by atomic mass is 16.6. The van der Waals surface area contributed by atoms with Crippen molar-refractivity contribution in [1.82, 2.24) is 0 Å². The van der Waals surface area contributed by atoms with E-state index in [-0.39, 0.29) is 6.10 Å². The second-order valence-corrected chi connectivity index (χ2v) is 4.21. The number of aliphatic hydroxyl groups excluding tert-OH is 1. The molecule has 0 bridgehead atoms. The lowest BCUT2D eigenvalue weighted by molar-refractivity contribution is 0.164. The average Bonchev–Trinajstić information content (AvgIpc) is 2.35. The lowest BCUT2D eigenvalue weighted by Gasteiger charge is -2.21. The van der Waals surface area contributed by atoms with Crippen molar-refractivity contribution in [1.29, 1.82) is 0 Å². The fraction of sp³-hybridized carbons (Fsp3) is 0.538. The number of hydrogen-bond acceptors (Lipinski definition) is 4. The van der Waals surface area contributed by atoms with Crippen molar-refractivity contribution in [2.75, 3.05) is 20.3 Å². The van der Waals surface area contributed by atoms with Gasteiger partial charge in [0, 0.05) is 0 Å². The van der Waals surface area contributed by atoms with Gasteiger partial charge in [-0.2, -0.15) is 0 Å². The zero-order valence-corrected chi connectivity index (χ0v) is 10.2. The molecule has 94 valence electrons. The molecule has 1 aromatic carbocycles. The molecule has 17 heavy (non-hydrogen) atoms. The van der Waals surface area contributed by atoms with Gasteiger partial charge in [-0.05, 0) is 37.5 Å². The van der Waals surface area contributed by atoms with E-state index in [4.69, 9.17) is 14.2 Å². The Morgan fingerprint density at radius 1 is 1.35 bits per heavy atom. The first-order valence-electron chi connectivity index (χ1n) is 5.85. The summed E-state index contributed by atoms with van der Waals surface area (Å²) in [5.74, 6) is 2.11. The molecule has 1 unspecified atom stereocenters. The van der Waals surface area contributed by atoms with E-state index in [1.807, 2.05) is 12.1 Å². The largest absolute Gasteiger partial charge is 0.493 e. The fourth-order valence-corrected chi connectivity index (χ4v) is 1.85. The Labute approximate surface area is 101 Å². The van der Waals surface area contributed by atoms with Crippen LogP contribution in [0.2, 0.25) is 0 Å². The van der Waals surface area contributed by atoms with Crippen LogP contribution in [0.15, 0.2) is 12.1 Å². The first-order valence-corrected chi connectivity index (χ1v) is 5.85. The van der Waals surface area contributed by atoms with E-state index in [0.717, 1.165) is 24.2 Å². The molecule has 1 atom stereocenters. The molecule has 2 rings (SSSR count). The van der Waals surface area contributed by atoms with Crippen LogP contribution < -0.4 is 14.2 Å². The number of ether oxygens (including phenoxy) is 3. The van der Waals surface area contributed by atoms with Crippen LogP contribution in [0.3, 0.4) is 0 Å². The van der Waals surface area contributed by atoms with Crippen LogP contribution in [0.1, 0.15) is 18.9 Å². The highest BCUT2D eigenvalue weighted by molar-refractivity contribution is 5.54. The van der Waals surface area contributed by atoms with Gasteiger partial charge in [0.1, 0.15) is 13.2 Å². The van der Waals surface area contributed by atoms with E-state index in [1.165, 1.54) is 0 Å². The fourth-order valence-electron chi connectivity index (χ4n) is 1.85. The van der Waals surface area contributed by atoms with Crippen molar-refractivity contribution >= 4 is 0 Å². The number of rotatable bonds is 4. The maximum Gasteiger partial charge on any atom is 0.203 e. The third kappa shape index (κ3) is 2.82. The van der Waals surface area contributed by atoms with Gasteiger partial charge in [0.15, 0.2) is 11.5 Å². The van der Waals surface area contributed by atoms with Crippen LogP contribution in [0.4, 0.5) is 0 Å². The summed E-state index contributed by atoms with van der Waals surface area (Å²) in [6, 6.07) is 3.90. The summed E-state index contributed by atoms with van der Waals surface area (Å²) in [4.78, 5) is 0. The van der Waals surface area contributed by atoms with Gasteiger partial charge in [-0.25, -0.2) is 0 Å². The number of aliphatic hydroxyl groups is 1. The smallest absolute Gasteiger partial charge is 0.203 e. The zero-order valence-electron chi connectivity index (χ0n) is 10.2. The number of hydrogen-bond donors (Lipinski definition) is 1. The molecule has 0 radical (unpaired) electrons. The summed E-state index contributed by atoms with van der Waals surface area (Å²) >= 11 is 0. The lowest BCUT2D eigenvalue weighted by atomic mass is 10.1. The summed E-state index contributed by atoms with van der Waals surface area (Å²) in [6.07, 6.45) is 1.22. The molecule has 1 aliphatic rings. The van der Waals surface area contributed by atoms with Crippen LogP contribution in [-0.2, 0) is 6.42 Å². The van der Waals surface area contributed by atoms with E-state index >= 15 is 0 Å². The SMILES string of the molecule is COc1cc(CCC(C)O)cc2c1OCCO2. The summed E-state index contributed by atoms with van der Waals surface area (Å²) in [6.45, 7) is 2.90. The Balaban J connectivity index is 2.23. The zero-order chi connectivity index (χ0) is 12.3. The van der Waals surface area contributed by atoms with Gasteiger partial charge in [0.2, 0.25) is 5.75 Å². The highest BCUT2D eigenvalue weighted by Crippen LogP contribution is 2.40. The van der Waals surface area contributed by atoms with E-state index in [1.54, 1.807) is 14.0 Å². The van der Waals surface area contributed by atoms with Crippen LogP contribution in [0.25, 0.3) is 0 Å². The minimum atomic E-state index is -0.297. The van der Waals surface area contributed by atoms with Crippen LogP contribution >= 0.6 is 0 Å². The van der Waals surface area contributed by atoms with Crippen molar-refractivity contribution in [3.05, 3.63) is 17.7 Å². The second-order valence-electron chi connectivity index (χ2n) is 4.21. The van der Waals surface area contributed by atoms with E-state index < -0.39 is 0 Å². The monoisotopic (exact) mass is 238 g/mol. The topological polar surface area (TPSA) is 47.9 Å². The molecule has 1 aromatic rings. The first kappa shape index (κ1) is 12.0. The van der Waals surface area contributed by atoms with Crippen LogP contribution in [-0.4, -0.2) is 31.5 Å². The van der Waals surface area contributed by atoms with Crippen molar-refractivity contribution in [2.45, 2.75) is 25.9 Å². The van der Waals surface area contributed by atoms with Gasteiger partial charge in [-0.1, -0.05) is 0 Å². The van der Waals surface area contributed by atoms with Gasteiger partial charge in [0.25, 0.3) is 0 Å². The Hall–Kier alpha value is -1.42. The molecular formula is C13H18O4. The van der Waals surface area contributed by atoms with Crippen LogP contribution in [0.5, 0.6) is 17.2 Å². The maximum absolute atomic E-state index is 9.29. The van der Waals surface area contributed by atoms with Gasteiger partial charge in [-0.15, -0.1) is 0 Å². The standard InChI is InChI=1S/C13H18O4/c1-9(14)3-4-10-7-11(15-2)13-12(8-10)16-5-6-17-13/h7-9,14H,3-6H2,1-2H3. The van der Waals surface area contributed by atoms with Gasteiger partial charge in [-0.3, -0.25) is 0 Å². The Morgan fingerprint density at radius 2 is 2.12 bits per heavy atom. The minimum absolute atomic E-state index is 0.297. The molecule has 0 fully saturated rings. The van der Waals surface area contributed by atoms with E-state index in [2.05, 4.69) is 0 Å². The number of aryl methyl sites for hydroxylation is 1. The average molecular weight is 238 g/mol. The van der Waals surface area contributed by atoms with Crippen molar-refractivity contribution in [3.8, 4) is 17.2 Å². The second kappa shape index (κ2) is 5.27.